The lowest BCUT2D eigenvalue weighted by Crippen LogP contribution is -2.25. The number of aryl methyl sites for hydroxylation is 1. The number of halogens is 1. The Bertz CT molecular complexity index is 1950. The third kappa shape index (κ3) is 5.51. The molecule has 1 N–H and O–H groups in total. The van der Waals surface area contributed by atoms with Gasteiger partial charge in [-0.25, -0.2) is 14.4 Å². The molecule has 4 aromatic heterocycles. The van der Waals surface area contributed by atoms with Gasteiger partial charge in [-0.1, -0.05) is 20.8 Å². The van der Waals surface area contributed by atoms with Gasteiger partial charge < -0.3 is 14.6 Å². The van der Waals surface area contributed by atoms with Crippen LogP contribution < -0.4 is 16.4 Å². The first kappa shape index (κ1) is 28.3. The normalized spacial score (nSPS) is 11.5. The first-order valence-electron chi connectivity index (χ1n) is 13.0. The average Bonchev–Trinajstić information content (AvgIpc) is 2.94. The van der Waals surface area contributed by atoms with E-state index in [1.54, 1.807) is 31.4 Å². The molecule has 11 nitrogen and oxygen atoms in total. The first-order chi connectivity index (χ1) is 19.9. The number of benzene rings is 1. The number of fused-ring (bicyclic) bond motifs is 1. The monoisotopic (exact) mass is 569 g/mol. The second-order valence-electron chi connectivity index (χ2n) is 10.7. The molecule has 12 heteroatoms. The summed E-state index contributed by atoms with van der Waals surface area (Å²) in [5, 5.41) is 7.51. The van der Waals surface area contributed by atoms with Gasteiger partial charge >= 0.3 is 5.97 Å². The molecule has 0 unspecified atom stereocenters. The number of nitrogens with one attached hydrogen (secondary N) is 1. The topological polar surface area (TPSA) is 134 Å². The summed E-state index contributed by atoms with van der Waals surface area (Å²) in [5.74, 6) is -0.807. The van der Waals surface area contributed by atoms with Crippen molar-refractivity contribution in [3.8, 4) is 16.9 Å². The molecule has 214 valence electrons. The number of rotatable bonds is 6. The maximum Gasteiger partial charge on any atom is 0.302 e. The molecule has 42 heavy (non-hydrogen) atoms. The lowest BCUT2D eigenvalue weighted by atomic mass is 9.86. The van der Waals surface area contributed by atoms with Crippen molar-refractivity contribution in [3.05, 3.63) is 99.1 Å². The smallest absolute Gasteiger partial charge is 0.302 e. The summed E-state index contributed by atoms with van der Waals surface area (Å²) in [6, 6.07) is 6.37. The van der Waals surface area contributed by atoms with Crippen molar-refractivity contribution < 1.29 is 13.9 Å². The van der Waals surface area contributed by atoms with E-state index in [0.29, 0.717) is 27.9 Å². The zero-order valence-corrected chi connectivity index (χ0v) is 23.7. The molecule has 0 saturated heterocycles. The number of anilines is 2. The van der Waals surface area contributed by atoms with Gasteiger partial charge in [-0.3, -0.25) is 19.4 Å². The van der Waals surface area contributed by atoms with Crippen LogP contribution in [0.2, 0.25) is 0 Å². The van der Waals surface area contributed by atoms with Crippen LogP contribution in [0.15, 0.2) is 71.0 Å². The van der Waals surface area contributed by atoms with E-state index in [0.717, 1.165) is 10.2 Å². The van der Waals surface area contributed by atoms with Gasteiger partial charge in [-0.05, 0) is 40.8 Å². The van der Waals surface area contributed by atoms with Gasteiger partial charge in [0, 0.05) is 55.3 Å². The van der Waals surface area contributed by atoms with Gasteiger partial charge in [0.05, 0.1) is 17.8 Å². The van der Waals surface area contributed by atoms with Crippen molar-refractivity contribution in [1.82, 2.24) is 29.3 Å². The Morgan fingerprint density at radius 2 is 1.83 bits per heavy atom. The molecular formula is C30H28FN7O4. The molecule has 0 amide bonds. The molecule has 0 radical (unpaired) electrons. The minimum Gasteiger partial charge on any atom is -0.461 e. The zero-order chi connectivity index (χ0) is 30.2. The van der Waals surface area contributed by atoms with E-state index in [2.05, 4.69) is 25.4 Å². The lowest BCUT2D eigenvalue weighted by Gasteiger charge is -2.20. The number of carbonyl (C=O) groups excluding carboxylic acids is 1. The van der Waals surface area contributed by atoms with Crippen molar-refractivity contribution >= 4 is 28.2 Å². The van der Waals surface area contributed by atoms with Crippen molar-refractivity contribution in [2.24, 2.45) is 7.05 Å². The molecule has 5 rings (SSSR count). The summed E-state index contributed by atoms with van der Waals surface area (Å²) in [6.07, 6.45) is 8.95. The number of esters is 1. The van der Waals surface area contributed by atoms with Gasteiger partial charge in [0.2, 0.25) is 0 Å². The van der Waals surface area contributed by atoms with Crippen LogP contribution in [0, 0.1) is 5.82 Å². The fourth-order valence-electron chi connectivity index (χ4n) is 4.52. The fourth-order valence-corrected chi connectivity index (χ4v) is 4.52. The first-order valence-corrected chi connectivity index (χ1v) is 13.0. The van der Waals surface area contributed by atoms with Crippen LogP contribution in [0.5, 0.6) is 0 Å². The van der Waals surface area contributed by atoms with Crippen molar-refractivity contribution in [3.63, 3.8) is 0 Å². The van der Waals surface area contributed by atoms with Gasteiger partial charge in [0.1, 0.15) is 23.9 Å². The largest absolute Gasteiger partial charge is 0.461 e. The van der Waals surface area contributed by atoms with Crippen LogP contribution in [-0.4, -0.2) is 35.3 Å². The van der Waals surface area contributed by atoms with E-state index in [-0.39, 0.29) is 34.5 Å². The SMILES string of the molecule is CC(=O)OCc1c(-c2cc(Nc3cnccn3)c(=O)n(C)c2)ccnc1-n1ncc2cc(C(C)(C)C)cc(F)c2c1=O. The van der Waals surface area contributed by atoms with Crippen molar-refractivity contribution in [2.75, 3.05) is 5.32 Å². The Labute approximate surface area is 239 Å². The third-order valence-corrected chi connectivity index (χ3v) is 6.68. The van der Waals surface area contributed by atoms with Crippen LogP contribution in [-0.2, 0) is 28.6 Å². The van der Waals surface area contributed by atoms with Gasteiger partial charge in [-0.2, -0.15) is 9.78 Å². The van der Waals surface area contributed by atoms with Gasteiger partial charge in [0.25, 0.3) is 11.1 Å². The molecule has 0 aliphatic rings. The highest BCUT2D eigenvalue weighted by atomic mass is 19.1. The molecule has 0 fully saturated rings. The fraction of sp³-hybridized carbons (Fsp3) is 0.233. The maximum absolute atomic E-state index is 15.4. The number of hydrogen-bond acceptors (Lipinski definition) is 9. The molecule has 4 heterocycles. The van der Waals surface area contributed by atoms with Gasteiger partial charge in [-0.15, -0.1) is 0 Å². The standard InChI is InChI=1S/C30H28FN7O4/c1-17(39)42-16-22-21(19-11-24(28(40)37(5)15-19)36-25-14-32-8-9-33-25)6-7-34-27(22)38-29(41)26-18(13-35-38)10-20(12-23(26)31)30(2,3)4/h6-15H,16H2,1-5H3,(H,33,36). The molecule has 1 aromatic carbocycles. The number of hydrogen-bond donors (Lipinski definition) is 1. The third-order valence-electron chi connectivity index (χ3n) is 6.68. The van der Waals surface area contributed by atoms with Crippen LogP contribution >= 0.6 is 0 Å². The second kappa shape index (κ2) is 11.0. The minimum atomic E-state index is -0.718. The zero-order valence-electron chi connectivity index (χ0n) is 23.7. The summed E-state index contributed by atoms with van der Waals surface area (Å²) in [6.45, 7) is 6.85. The minimum absolute atomic E-state index is 0.0530. The van der Waals surface area contributed by atoms with Crippen LogP contribution in [0.1, 0.15) is 38.8 Å². The maximum atomic E-state index is 15.4. The number of pyridine rings is 2. The van der Waals surface area contributed by atoms with Crippen molar-refractivity contribution in [2.45, 2.75) is 39.7 Å². The highest BCUT2D eigenvalue weighted by molar-refractivity contribution is 5.83. The average molecular weight is 570 g/mol. The van der Waals surface area contributed by atoms with E-state index >= 15 is 4.39 Å². The summed E-state index contributed by atoms with van der Waals surface area (Å²) >= 11 is 0. The summed E-state index contributed by atoms with van der Waals surface area (Å²) in [4.78, 5) is 50.9. The van der Waals surface area contributed by atoms with Crippen LogP contribution in [0.4, 0.5) is 15.9 Å². The number of aromatic nitrogens is 6. The Morgan fingerprint density at radius 1 is 1.05 bits per heavy atom. The van der Waals surface area contributed by atoms with Gasteiger partial charge in [0.15, 0.2) is 5.82 Å². The van der Waals surface area contributed by atoms with Crippen LogP contribution in [0.25, 0.3) is 27.7 Å². The number of nitrogens with zero attached hydrogens (tertiary/aromatic N) is 6. The second-order valence-corrected chi connectivity index (χ2v) is 10.7. The van der Waals surface area contributed by atoms with E-state index in [9.17, 15) is 14.4 Å². The molecule has 0 aliphatic carbocycles. The number of carbonyl (C=O) groups is 1. The van der Waals surface area contributed by atoms with E-state index in [1.165, 1.54) is 48.5 Å². The summed E-state index contributed by atoms with van der Waals surface area (Å²) in [5.41, 5.74) is 0.946. The molecule has 5 aromatic rings. The lowest BCUT2D eigenvalue weighted by molar-refractivity contribution is -0.142. The molecule has 0 atom stereocenters. The Morgan fingerprint density at radius 3 is 2.52 bits per heavy atom. The molecule has 0 aliphatic heterocycles. The molecular weight excluding hydrogens is 541 g/mol. The quantitative estimate of drug-likeness (QED) is 0.299. The molecule has 0 spiro atoms. The number of ether oxygens (including phenoxy) is 1. The highest BCUT2D eigenvalue weighted by Crippen LogP contribution is 2.30. The highest BCUT2D eigenvalue weighted by Gasteiger charge is 2.22. The van der Waals surface area contributed by atoms with Crippen LogP contribution in [0.3, 0.4) is 0 Å². The molecule has 0 bridgehead atoms. The predicted molar refractivity (Wildman–Crippen MR) is 155 cm³/mol. The summed E-state index contributed by atoms with van der Waals surface area (Å²) < 4.78 is 23.1. The Hall–Kier alpha value is -5.26. The Balaban J connectivity index is 1.70. The summed E-state index contributed by atoms with van der Waals surface area (Å²) in [7, 11) is 1.59. The van der Waals surface area contributed by atoms with Crippen molar-refractivity contribution in [1.29, 1.82) is 0 Å². The van der Waals surface area contributed by atoms with E-state index in [1.807, 2.05) is 20.8 Å². The predicted octanol–water partition coefficient (Wildman–Crippen LogP) is 4.18. The van der Waals surface area contributed by atoms with E-state index in [4.69, 9.17) is 4.74 Å². The molecule has 0 saturated carbocycles. The Kier molecular flexibility index (Phi) is 7.38. The van der Waals surface area contributed by atoms with E-state index < -0.39 is 17.3 Å².